The number of aromatic amines is 1. The number of ether oxygens (including phenoxy) is 1. The standard InChI is InChI=1S/C13H19N3O3/c1-19-7-6-14-12(17)8-11-9-4-2-3-5-10(9)13(18)16-15-11/h2-8H2,1H3,(H,14,17)(H,16,18). The fraction of sp³-hybridized carbons (Fsp3) is 0.615. The highest BCUT2D eigenvalue weighted by Gasteiger charge is 2.19. The Bertz CT molecular complexity index is 510. The van der Waals surface area contributed by atoms with Gasteiger partial charge in [-0.15, -0.1) is 0 Å². The number of hydrogen-bond acceptors (Lipinski definition) is 4. The first-order chi connectivity index (χ1) is 9.22. The number of rotatable bonds is 5. The number of hydrogen-bond donors (Lipinski definition) is 2. The fourth-order valence-corrected chi connectivity index (χ4v) is 2.38. The van der Waals surface area contributed by atoms with Crippen LogP contribution in [0.1, 0.15) is 29.7 Å². The maximum Gasteiger partial charge on any atom is 0.267 e. The second kappa shape index (κ2) is 6.47. The molecular formula is C13H19N3O3. The third kappa shape index (κ3) is 3.41. The summed E-state index contributed by atoms with van der Waals surface area (Å²) < 4.78 is 4.87. The lowest BCUT2D eigenvalue weighted by atomic mass is 9.91. The van der Waals surface area contributed by atoms with Gasteiger partial charge in [0.05, 0.1) is 18.7 Å². The Kier molecular flexibility index (Phi) is 4.68. The Hall–Kier alpha value is -1.69. The molecule has 1 aromatic rings. The zero-order valence-corrected chi connectivity index (χ0v) is 11.1. The highest BCUT2D eigenvalue weighted by molar-refractivity contribution is 5.78. The van der Waals surface area contributed by atoms with E-state index in [2.05, 4.69) is 15.5 Å². The number of H-pyrrole nitrogens is 1. The van der Waals surface area contributed by atoms with Gasteiger partial charge in [0, 0.05) is 19.2 Å². The third-order valence-electron chi connectivity index (χ3n) is 3.34. The van der Waals surface area contributed by atoms with E-state index in [1.54, 1.807) is 7.11 Å². The zero-order valence-electron chi connectivity index (χ0n) is 11.1. The summed E-state index contributed by atoms with van der Waals surface area (Å²) in [5, 5.41) is 9.28. The summed E-state index contributed by atoms with van der Waals surface area (Å²) in [6.07, 6.45) is 3.91. The van der Waals surface area contributed by atoms with Crippen LogP contribution >= 0.6 is 0 Å². The highest BCUT2D eigenvalue weighted by Crippen LogP contribution is 2.20. The summed E-state index contributed by atoms with van der Waals surface area (Å²) in [4.78, 5) is 23.4. The molecule has 104 valence electrons. The quantitative estimate of drug-likeness (QED) is 0.731. The van der Waals surface area contributed by atoms with Crippen molar-refractivity contribution in [2.24, 2.45) is 0 Å². The lowest BCUT2D eigenvalue weighted by molar-refractivity contribution is -0.120. The van der Waals surface area contributed by atoms with E-state index < -0.39 is 0 Å². The highest BCUT2D eigenvalue weighted by atomic mass is 16.5. The van der Waals surface area contributed by atoms with E-state index in [4.69, 9.17) is 4.74 Å². The van der Waals surface area contributed by atoms with Crippen LogP contribution in [0.5, 0.6) is 0 Å². The number of methoxy groups -OCH3 is 1. The zero-order chi connectivity index (χ0) is 13.7. The van der Waals surface area contributed by atoms with Crippen molar-refractivity contribution in [3.63, 3.8) is 0 Å². The molecule has 1 aliphatic rings. The van der Waals surface area contributed by atoms with Crippen LogP contribution in [0.15, 0.2) is 4.79 Å². The third-order valence-corrected chi connectivity index (χ3v) is 3.34. The number of nitrogens with zero attached hydrogens (tertiary/aromatic N) is 1. The van der Waals surface area contributed by atoms with E-state index in [1.165, 1.54) is 0 Å². The molecule has 0 atom stereocenters. The minimum absolute atomic E-state index is 0.0932. The van der Waals surface area contributed by atoms with Gasteiger partial charge >= 0.3 is 0 Å². The molecule has 2 N–H and O–H groups in total. The fourth-order valence-electron chi connectivity index (χ4n) is 2.38. The van der Waals surface area contributed by atoms with Crippen molar-refractivity contribution in [1.82, 2.24) is 15.5 Å². The number of nitrogens with one attached hydrogen (secondary N) is 2. The Balaban J connectivity index is 2.08. The molecule has 0 aliphatic heterocycles. The van der Waals surface area contributed by atoms with Crippen LogP contribution in [-0.4, -0.2) is 36.4 Å². The van der Waals surface area contributed by atoms with Gasteiger partial charge in [-0.3, -0.25) is 9.59 Å². The van der Waals surface area contributed by atoms with Crippen LogP contribution < -0.4 is 10.9 Å². The van der Waals surface area contributed by atoms with Gasteiger partial charge < -0.3 is 10.1 Å². The SMILES string of the molecule is COCCNC(=O)Cc1n[nH]c(=O)c2c1CCCC2. The lowest BCUT2D eigenvalue weighted by Gasteiger charge is -2.17. The number of carbonyl (C=O) groups is 1. The van der Waals surface area contributed by atoms with Gasteiger partial charge in [-0.2, -0.15) is 5.10 Å². The molecule has 0 radical (unpaired) electrons. The first-order valence-corrected chi connectivity index (χ1v) is 6.57. The molecule has 1 aliphatic carbocycles. The van der Waals surface area contributed by atoms with Gasteiger partial charge in [-0.25, -0.2) is 5.10 Å². The van der Waals surface area contributed by atoms with Gasteiger partial charge in [-0.05, 0) is 31.2 Å². The summed E-state index contributed by atoms with van der Waals surface area (Å²) in [5.41, 5.74) is 2.36. The van der Waals surface area contributed by atoms with E-state index in [0.717, 1.165) is 36.8 Å². The molecule has 1 heterocycles. The molecule has 6 heteroatoms. The number of aromatic nitrogens is 2. The molecule has 2 rings (SSSR count). The Morgan fingerprint density at radius 2 is 2.11 bits per heavy atom. The summed E-state index contributed by atoms with van der Waals surface area (Å²) in [7, 11) is 1.59. The maximum absolute atomic E-state index is 11.8. The van der Waals surface area contributed by atoms with Crippen molar-refractivity contribution in [1.29, 1.82) is 0 Å². The van der Waals surface area contributed by atoms with Crippen LogP contribution in [0.3, 0.4) is 0 Å². The van der Waals surface area contributed by atoms with Crippen molar-refractivity contribution in [2.75, 3.05) is 20.3 Å². The Morgan fingerprint density at radius 1 is 1.37 bits per heavy atom. The summed E-state index contributed by atoms with van der Waals surface area (Å²) in [6.45, 7) is 0.976. The topological polar surface area (TPSA) is 84.1 Å². The van der Waals surface area contributed by atoms with Crippen LogP contribution in [0.25, 0.3) is 0 Å². The minimum atomic E-state index is -0.113. The summed E-state index contributed by atoms with van der Waals surface area (Å²) >= 11 is 0. The first kappa shape index (κ1) is 13.7. The molecule has 6 nitrogen and oxygen atoms in total. The molecule has 0 saturated carbocycles. The second-order valence-corrected chi connectivity index (χ2v) is 4.68. The Morgan fingerprint density at radius 3 is 2.84 bits per heavy atom. The Labute approximate surface area is 111 Å². The van der Waals surface area contributed by atoms with Crippen LogP contribution in [-0.2, 0) is 28.8 Å². The van der Waals surface area contributed by atoms with Crippen molar-refractivity contribution >= 4 is 5.91 Å². The van der Waals surface area contributed by atoms with E-state index >= 15 is 0 Å². The maximum atomic E-state index is 11.8. The summed E-state index contributed by atoms with van der Waals surface area (Å²) in [5.74, 6) is -0.0932. The van der Waals surface area contributed by atoms with Gasteiger partial charge in [0.2, 0.25) is 5.91 Å². The number of fused-ring (bicyclic) bond motifs is 1. The van der Waals surface area contributed by atoms with Crippen molar-refractivity contribution in [2.45, 2.75) is 32.1 Å². The molecule has 0 aromatic carbocycles. The van der Waals surface area contributed by atoms with Gasteiger partial charge in [0.1, 0.15) is 0 Å². The van der Waals surface area contributed by atoms with Crippen LogP contribution in [0.4, 0.5) is 0 Å². The van der Waals surface area contributed by atoms with Gasteiger partial charge in [-0.1, -0.05) is 0 Å². The molecule has 0 unspecified atom stereocenters. The average molecular weight is 265 g/mol. The van der Waals surface area contributed by atoms with E-state index in [0.29, 0.717) is 18.8 Å². The molecule has 1 amide bonds. The molecule has 0 saturated heterocycles. The molecular weight excluding hydrogens is 246 g/mol. The molecule has 0 fully saturated rings. The minimum Gasteiger partial charge on any atom is -0.383 e. The predicted octanol–water partition coefficient (Wildman–Crippen LogP) is -0.0462. The van der Waals surface area contributed by atoms with Gasteiger partial charge in [0.25, 0.3) is 5.56 Å². The second-order valence-electron chi connectivity index (χ2n) is 4.68. The number of carbonyl (C=O) groups excluding carboxylic acids is 1. The van der Waals surface area contributed by atoms with E-state index in [9.17, 15) is 9.59 Å². The summed E-state index contributed by atoms with van der Waals surface area (Å²) in [6, 6.07) is 0. The molecule has 1 aromatic heterocycles. The molecule has 19 heavy (non-hydrogen) atoms. The van der Waals surface area contributed by atoms with Crippen molar-refractivity contribution < 1.29 is 9.53 Å². The first-order valence-electron chi connectivity index (χ1n) is 6.57. The van der Waals surface area contributed by atoms with Crippen LogP contribution in [0.2, 0.25) is 0 Å². The predicted molar refractivity (Wildman–Crippen MR) is 70.1 cm³/mol. The monoisotopic (exact) mass is 265 g/mol. The smallest absolute Gasteiger partial charge is 0.267 e. The molecule has 0 bridgehead atoms. The molecule has 0 spiro atoms. The lowest BCUT2D eigenvalue weighted by Crippen LogP contribution is -2.30. The van der Waals surface area contributed by atoms with Gasteiger partial charge in [0.15, 0.2) is 0 Å². The van der Waals surface area contributed by atoms with Crippen LogP contribution in [0, 0.1) is 0 Å². The number of amides is 1. The van der Waals surface area contributed by atoms with Crippen molar-refractivity contribution in [3.05, 3.63) is 27.2 Å². The average Bonchev–Trinajstić information content (AvgIpc) is 2.43. The van der Waals surface area contributed by atoms with E-state index in [-0.39, 0.29) is 17.9 Å². The largest absolute Gasteiger partial charge is 0.383 e. The van der Waals surface area contributed by atoms with E-state index in [1.807, 2.05) is 0 Å². The van der Waals surface area contributed by atoms with Crippen molar-refractivity contribution in [3.8, 4) is 0 Å². The normalized spacial score (nSPS) is 13.9.